The summed E-state index contributed by atoms with van der Waals surface area (Å²) in [5, 5.41) is 10.5. The predicted octanol–water partition coefficient (Wildman–Crippen LogP) is 3.49. The normalized spacial score (nSPS) is 22.2. The summed E-state index contributed by atoms with van der Waals surface area (Å²) in [6.45, 7) is 3.01. The topological polar surface area (TPSA) is 49.5 Å². The summed E-state index contributed by atoms with van der Waals surface area (Å²) in [7, 11) is 0. The van der Waals surface area contributed by atoms with Crippen LogP contribution in [0.3, 0.4) is 0 Å². The third-order valence-electron chi connectivity index (χ3n) is 4.97. The summed E-state index contributed by atoms with van der Waals surface area (Å²) in [4.78, 5) is 8.98. The zero-order valence-electron chi connectivity index (χ0n) is 13.5. The second kappa shape index (κ2) is 6.75. The van der Waals surface area contributed by atoms with E-state index in [-0.39, 0.29) is 6.61 Å². The Morgan fingerprint density at radius 1 is 1.22 bits per heavy atom. The number of likely N-dealkylation sites (tertiary alicyclic amines) is 1. The number of rotatable bonds is 4. The van der Waals surface area contributed by atoms with Crippen LogP contribution in [0.4, 0.5) is 0 Å². The van der Waals surface area contributed by atoms with Gasteiger partial charge in [0.2, 0.25) is 0 Å². The van der Waals surface area contributed by atoms with Crippen LogP contribution in [0.25, 0.3) is 0 Å². The number of nitrogens with zero attached hydrogens (tertiary/aromatic N) is 2. The van der Waals surface area contributed by atoms with E-state index >= 15 is 0 Å². The van der Waals surface area contributed by atoms with Crippen LogP contribution in [0.15, 0.2) is 16.5 Å². The molecule has 0 amide bonds. The molecular formula is C18H24N2O2S. The third kappa shape index (κ3) is 3.37. The standard InChI is InChI=1S/C18H24N2O2S/c21-12-15-8-7-14(22-15)11-20-9-3-4-13(10-20)18-19-16-5-1-2-6-17(16)23-18/h7-8,13,21H,1-6,9-12H2/t13-/m1/s1. The van der Waals surface area contributed by atoms with Crippen LogP contribution in [0, 0.1) is 0 Å². The van der Waals surface area contributed by atoms with Crippen molar-refractivity contribution in [2.24, 2.45) is 0 Å². The first-order chi connectivity index (χ1) is 11.3. The molecule has 1 aliphatic heterocycles. The Kier molecular flexibility index (Phi) is 4.51. The lowest BCUT2D eigenvalue weighted by Gasteiger charge is -2.31. The van der Waals surface area contributed by atoms with Crippen LogP contribution >= 0.6 is 11.3 Å². The van der Waals surface area contributed by atoms with Crippen molar-refractivity contribution >= 4 is 11.3 Å². The zero-order valence-corrected chi connectivity index (χ0v) is 14.3. The van der Waals surface area contributed by atoms with Gasteiger partial charge in [0.15, 0.2) is 0 Å². The minimum absolute atomic E-state index is 0.0205. The number of hydrogen-bond acceptors (Lipinski definition) is 5. The minimum atomic E-state index is -0.0205. The lowest BCUT2D eigenvalue weighted by Crippen LogP contribution is -2.33. The van der Waals surface area contributed by atoms with Crippen molar-refractivity contribution in [1.29, 1.82) is 0 Å². The van der Waals surface area contributed by atoms with Crippen LogP contribution < -0.4 is 0 Å². The molecule has 0 bridgehead atoms. The Bertz CT molecular complexity index is 640. The Balaban J connectivity index is 1.43. The number of aromatic nitrogens is 1. The van der Waals surface area contributed by atoms with Crippen molar-refractivity contribution < 1.29 is 9.52 Å². The van der Waals surface area contributed by atoms with Gasteiger partial charge in [0.05, 0.1) is 17.2 Å². The summed E-state index contributed by atoms with van der Waals surface area (Å²) in [6.07, 6.45) is 7.53. The number of piperidine rings is 1. The van der Waals surface area contributed by atoms with E-state index in [2.05, 4.69) is 4.90 Å². The fraction of sp³-hybridized carbons (Fsp3) is 0.611. The van der Waals surface area contributed by atoms with Crippen LogP contribution in [-0.2, 0) is 26.0 Å². The first kappa shape index (κ1) is 15.4. The largest absolute Gasteiger partial charge is 0.462 e. The molecule has 4 rings (SSSR count). The fourth-order valence-corrected chi connectivity index (χ4v) is 5.04. The molecule has 1 fully saturated rings. The number of hydrogen-bond donors (Lipinski definition) is 1. The Morgan fingerprint density at radius 2 is 2.09 bits per heavy atom. The molecule has 0 unspecified atom stereocenters. The SMILES string of the molecule is OCc1ccc(CN2CCC[C@@H](c3nc4c(s3)CCCC4)C2)o1. The molecule has 1 atom stereocenters. The van der Waals surface area contributed by atoms with Crippen LogP contribution in [0.5, 0.6) is 0 Å². The van der Waals surface area contributed by atoms with Crippen molar-refractivity contribution in [1.82, 2.24) is 9.88 Å². The molecule has 1 saturated heterocycles. The van der Waals surface area contributed by atoms with E-state index in [1.807, 2.05) is 23.5 Å². The van der Waals surface area contributed by atoms with Crippen molar-refractivity contribution in [2.45, 2.75) is 57.6 Å². The molecule has 0 aromatic carbocycles. The van der Waals surface area contributed by atoms with Gasteiger partial charge in [-0.1, -0.05) is 0 Å². The fourth-order valence-electron chi connectivity index (χ4n) is 3.76. The van der Waals surface area contributed by atoms with Crippen LogP contribution in [0.2, 0.25) is 0 Å². The minimum Gasteiger partial charge on any atom is -0.462 e. The molecule has 2 aromatic rings. The summed E-state index contributed by atoms with van der Waals surface area (Å²) in [5.41, 5.74) is 1.38. The molecule has 0 spiro atoms. The highest BCUT2D eigenvalue weighted by molar-refractivity contribution is 7.11. The maximum atomic E-state index is 9.11. The highest BCUT2D eigenvalue weighted by Crippen LogP contribution is 2.35. The third-order valence-corrected chi connectivity index (χ3v) is 6.29. The van der Waals surface area contributed by atoms with Gasteiger partial charge in [-0.3, -0.25) is 4.90 Å². The number of thiazole rings is 1. The molecule has 1 N–H and O–H groups in total. The van der Waals surface area contributed by atoms with Gasteiger partial charge in [-0.05, 0) is 57.2 Å². The second-order valence-electron chi connectivity index (χ2n) is 6.73. The highest BCUT2D eigenvalue weighted by Gasteiger charge is 2.26. The van der Waals surface area contributed by atoms with E-state index in [0.29, 0.717) is 11.7 Å². The van der Waals surface area contributed by atoms with E-state index in [9.17, 15) is 0 Å². The van der Waals surface area contributed by atoms with Gasteiger partial charge in [-0.25, -0.2) is 4.98 Å². The number of aliphatic hydroxyl groups excluding tert-OH is 1. The molecular weight excluding hydrogens is 308 g/mol. The maximum absolute atomic E-state index is 9.11. The van der Waals surface area contributed by atoms with E-state index in [1.54, 1.807) is 4.88 Å². The number of furan rings is 1. The monoisotopic (exact) mass is 332 g/mol. The number of aliphatic hydroxyl groups is 1. The predicted molar refractivity (Wildman–Crippen MR) is 90.6 cm³/mol. The second-order valence-corrected chi connectivity index (χ2v) is 7.84. The van der Waals surface area contributed by atoms with E-state index in [4.69, 9.17) is 14.5 Å². The summed E-state index contributed by atoms with van der Waals surface area (Å²) in [5.74, 6) is 2.18. The lowest BCUT2D eigenvalue weighted by atomic mass is 9.98. The van der Waals surface area contributed by atoms with Crippen molar-refractivity contribution in [2.75, 3.05) is 13.1 Å². The maximum Gasteiger partial charge on any atom is 0.129 e. The summed E-state index contributed by atoms with van der Waals surface area (Å²) < 4.78 is 5.64. The van der Waals surface area contributed by atoms with Crippen molar-refractivity contribution in [3.8, 4) is 0 Å². The Hall–Kier alpha value is -1.17. The summed E-state index contributed by atoms with van der Waals surface area (Å²) in [6, 6.07) is 3.85. The van der Waals surface area contributed by atoms with Crippen molar-refractivity contribution in [3.05, 3.63) is 39.2 Å². The van der Waals surface area contributed by atoms with Crippen molar-refractivity contribution in [3.63, 3.8) is 0 Å². The quantitative estimate of drug-likeness (QED) is 0.931. The van der Waals surface area contributed by atoms with Crippen LogP contribution in [-0.4, -0.2) is 28.1 Å². The molecule has 4 nitrogen and oxygen atoms in total. The molecule has 5 heteroatoms. The molecule has 0 saturated carbocycles. The first-order valence-corrected chi connectivity index (χ1v) is 9.53. The molecule has 23 heavy (non-hydrogen) atoms. The van der Waals surface area contributed by atoms with E-state index in [1.165, 1.54) is 49.2 Å². The summed E-state index contributed by atoms with van der Waals surface area (Å²) >= 11 is 1.96. The van der Waals surface area contributed by atoms with Gasteiger partial charge in [-0.2, -0.15) is 0 Å². The number of aryl methyl sites for hydroxylation is 2. The van der Waals surface area contributed by atoms with Gasteiger partial charge in [0.25, 0.3) is 0 Å². The Morgan fingerprint density at radius 3 is 2.91 bits per heavy atom. The average Bonchev–Trinajstić information content (AvgIpc) is 3.21. The number of fused-ring (bicyclic) bond motifs is 1. The lowest BCUT2D eigenvalue weighted by molar-refractivity contribution is 0.180. The van der Waals surface area contributed by atoms with Gasteiger partial charge >= 0.3 is 0 Å². The average molecular weight is 332 g/mol. The molecule has 2 aliphatic rings. The first-order valence-electron chi connectivity index (χ1n) is 8.71. The molecule has 2 aromatic heterocycles. The van der Waals surface area contributed by atoms with Crippen LogP contribution in [0.1, 0.15) is 58.7 Å². The molecule has 124 valence electrons. The highest BCUT2D eigenvalue weighted by atomic mass is 32.1. The molecule has 1 aliphatic carbocycles. The zero-order chi connectivity index (χ0) is 15.6. The van der Waals surface area contributed by atoms with Gasteiger partial charge in [0.1, 0.15) is 18.1 Å². The van der Waals surface area contributed by atoms with Gasteiger partial charge in [-0.15, -0.1) is 11.3 Å². The van der Waals surface area contributed by atoms with Gasteiger partial charge < -0.3 is 9.52 Å². The van der Waals surface area contributed by atoms with E-state index in [0.717, 1.165) is 25.4 Å². The molecule has 0 radical (unpaired) electrons. The molecule has 3 heterocycles. The van der Waals surface area contributed by atoms with E-state index < -0.39 is 0 Å². The van der Waals surface area contributed by atoms with Gasteiger partial charge in [0, 0.05) is 17.3 Å². The smallest absolute Gasteiger partial charge is 0.129 e. The Labute approximate surface area is 141 Å².